The molecule has 3 N–H and O–H groups in total. The standard InChI is InChI=1S/C18H28N4O4/c1-5-7-8-13(6-2)14-11-15(23)21-17(20-14)22-18(25)19-9-10-26-16(24)12(3)4/h11,13H,3,5-10H2,1-2,4H3,(H3,19,20,21,22,23,25). The molecule has 0 aliphatic rings. The van der Waals surface area contributed by atoms with Crippen molar-refractivity contribution in [1.29, 1.82) is 0 Å². The fraction of sp³-hybridized carbons (Fsp3) is 0.556. The summed E-state index contributed by atoms with van der Waals surface area (Å²) >= 11 is 0. The minimum Gasteiger partial charge on any atom is -0.460 e. The molecule has 1 rings (SSSR count). The summed E-state index contributed by atoms with van der Waals surface area (Å²) in [5.74, 6) is -0.232. The molecule has 1 aromatic heterocycles. The Morgan fingerprint density at radius 1 is 1.38 bits per heavy atom. The third kappa shape index (κ3) is 7.50. The number of hydrogen-bond donors (Lipinski definition) is 3. The van der Waals surface area contributed by atoms with Gasteiger partial charge >= 0.3 is 12.0 Å². The van der Waals surface area contributed by atoms with Crippen LogP contribution in [0.1, 0.15) is 58.1 Å². The molecule has 1 atom stereocenters. The topological polar surface area (TPSA) is 113 Å². The molecule has 0 saturated carbocycles. The van der Waals surface area contributed by atoms with Gasteiger partial charge in [0.15, 0.2) is 0 Å². The third-order valence-electron chi connectivity index (χ3n) is 3.78. The van der Waals surface area contributed by atoms with Crippen molar-refractivity contribution in [3.05, 3.63) is 34.3 Å². The second kappa shape index (κ2) is 11.1. The van der Waals surface area contributed by atoms with Crippen molar-refractivity contribution in [2.75, 3.05) is 18.5 Å². The van der Waals surface area contributed by atoms with Crippen LogP contribution in [0.5, 0.6) is 0 Å². The van der Waals surface area contributed by atoms with Crippen LogP contribution >= 0.6 is 0 Å². The lowest BCUT2D eigenvalue weighted by atomic mass is 9.96. The number of nitrogens with one attached hydrogen (secondary N) is 3. The summed E-state index contributed by atoms with van der Waals surface area (Å²) in [6, 6.07) is 0.933. The van der Waals surface area contributed by atoms with Crippen molar-refractivity contribution < 1.29 is 14.3 Å². The minimum atomic E-state index is -0.543. The Bertz CT molecular complexity index is 684. The van der Waals surface area contributed by atoms with E-state index in [1.807, 2.05) is 0 Å². The summed E-state index contributed by atoms with van der Waals surface area (Å²) < 4.78 is 4.87. The first-order chi connectivity index (χ1) is 12.4. The zero-order valence-corrected chi connectivity index (χ0v) is 15.7. The molecule has 0 aliphatic heterocycles. The summed E-state index contributed by atoms with van der Waals surface area (Å²) in [5, 5.41) is 5.02. The van der Waals surface area contributed by atoms with Gasteiger partial charge in [0.1, 0.15) is 6.61 Å². The highest BCUT2D eigenvalue weighted by molar-refractivity contribution is 5.88. The smallest absolute Gasteiger partial charge is 0.333 e. The van der Waals surface area contributed by atoms with Crippen molar-refractivity contribution in [3.8, 4) is 0 Å². The highest BCUT2D eigenvalue weighted by atomic mass is 16.5. The molecule has 2 amide bonds. The molecule has 8 nitrogen and oxygen atoms in total. The molecule has 0 fully saturated rings. The van der Waals surface area contributed by atoms with Gasteiger partial charge in [-0.1, -0.05) is 33.3 Å². The molecular weight excluding hydrogens is 336 g/mol. The number of aromatic amines is 1. The van der Waals surface area contributed by atoms with Crippen LogP contribution in [-0.2, 0) is 9.53 Å². The number of carbonyl (C=O) groups excluding carboxylic acids is 2. The van der Waals surface area contributed by atoms with Gasteiger partial charge in [-0.25, -0.2) is 14.6 Å². The largest absolute Gasteiger partial charge is 0.460 e. The molecule has 0 aromatic carbocycles. The second-order valence-electron chi connectivity index (χ2n) is 6.06. The van der Waals surface area contributed by atoms with Crippen LogP contribution in [0.15, 0.2) is 23.0 Å². The molecule has 1 unspecified atom stereocenters. The minimum absolute atomic E-state index is 0.0258. The van der Waals surface area contributed by atoms with Crippen LogP contribution in [-0.4, -0.2) is 35.1 Å². The van der Waals surface area contributed by atoms with Gasteiger partial charge in [-0.3, -0.25) is 15.1 Å². The number of anilines is 1. The van der Waals surface area contributed by atoms with Gasteiger partial charge in [0.05, 0.1) is 12.2 Å². The number of unbranched alkanes of at least 4 members (excludes halogenated alkanes) is 1. The van der Waals surface area contributed by atoms with Crippen LogP contribution in [0.3, 0.4) is 0 Å². The normalized spacial score (nSPS) is 11.5. The molecule has 144 valence electrons. The molecule has 0 spiro atoms. The number of aromatic nitrogens is 2. The van der Waals surface area contributed by atoms with Crippen molar-refractivity contribution >= 4 is 17.9 Å². The number of H-pyrrole nitrogens is 1. The maximum absolute atomic E-state index is 11.9. The Hall–Kier alpha value is -2.64. The van der Waals surface area contributed by atoms with E-state index in [1.165, 1.54) is 6.07 Å². The van der Waals surface area contributed by atoms with Crippen LogP contribution in [0.25, 0.3) is 0 Å². The van der Waals surface area contributed by atoms with E-state index in [4.69, 9.17) is 4.74 Å². The van der Waals surface area contributed by atoms with Gasteiger partial charge in [-0.05, 0) is 19.8 Å². The molecule has 1 heterocycles. The average Bonchev–Trinajstić information content (AvgIpc) is 2.58. The summed E-state index contributed by atoms with van der Waals surface area (Å²) in [7, 11) is 0. The van der Waals surface area contributed by atoms with Gasteiger partial charge in [-0.15, -0.1) is 0 Å². The molecule has 8 heteroatoms. The lowest BCUT2D eigenvalue weighted by Crippen LogP contribution is -2.33. The number of carbonyl (C=O) groups is 2. The van der Waals surface area contributed by atoms with Gasteiger partial charge in [-0.2, -0.15) is 0 Å². The molecule has 0 radical (unpaired) electrons. The molecule has 1 aromatic rings. The van der Waals surface area contributed by atoms with Crippen molar-refractivity contribution in [2.45, 2.75) is 52.4 Å². The van der Waals surface area contributed by atoms with Crippen LogP contribution in [0.2, 0.25) is 0 Å². The quantitative estimate of drug-likeness (QED) is 0.336. The van der Waals surface area contributed by atoms with Crippen molar-refractivity contribution in [1.82, 2.24) is 15.3 Å². The van der Waals surface area contributed by atoms with E-state index in [0.29, 0.717) is 11.3 Å². The number of amides is 2. The summed E-state index contributed by atoms with van der Waals surface area (Å²) in [5.41, 5.74) is 0.660. The van der Waals surface area contributed by atoms with Crippen LogP contribution in [0, 0.1) is 0 Å². The van der Waals surface area contributed by atoms with E-state index in [9.17, 15) is 14.4 Å². The van der Waals surface area contributed by atoms with Gasteiger partial charge in [0, 0.05) is 17.6 Å². The number of nitrogens with zero attached hydrogens (tertiary/aromatic N) is 1. The van der Waals surface area contributed by atoms with E-state index >= 15 is 0 Å². The Morgan fingerprint density at radius 3 is 2.73 bits per heavy atom. The second-order valence-corrected chi connectivity index (χ2v) is 6.06. The number of urea groups is 1. The Kier molecular flexibility index (Phi) is 9.11. The predicted octanol–water partition coefficient (Wildman–Crippen LogP) is 2.69. The zero-order valence-electron chi connectivity index (χ0n) is 15.7. The van der Waals surface area contributed by atoms with E-state index in [1.54, 1.807) is 6.92 Å². The highest BCUT2D eigenvalue weighted by Gasteiger charge is 2.13. The van der Waals surface area contributed by atoms with E-state index in [2.05, 4.69) is 41.0 Å². The average molecular weight is 364 g/mol. The number of hydrogen-bond acceptors (Lipinski definition) is 5. The lowest BCUT2D eigenvalue weighted by Gasteiger charge is -2.14. The van der Waals surface area contributed by atoms with Gasteiger partial charge < -0.3 is 10.1 Å². The maximum atomic E-state index is 11.9. The summed E-state index contributed by atoms with van der Waals surface area (Å²) in [6.45, 7) is 9.33. The molecule has 0 aliphatic carbocycles. The SMILES string of the molecule is C=C(C)C(=O)OCCNC(=O)Nc1nc(C(CC)CCCC)cc(=O)[nH]1. The number of esters is 1. The Labute approximate surface area is 153 Å². The first kappa shape index (κ1) is 21.4. The lowest BCUT2D eigenvalue weighted by molar-refractivity contribution is -0.138. The van der Waals surface area contributed by atoms with Crippen LogP contribution in [0.4, 0.5) is 10.7 Å². The van der Waals surface area contributed by atoms with E-state index in [-0.39, 0.29) is 30.6 Å². The Morgan fingerprint density at radius 2 is 2.12 bits per heavy atom. The number of rotatable bonds is 10. The summed E-state index contributed by atoms with van der Waals surface area (Å²) in [4.78, 5) is 41.8. The third-order valence-corrected chi connectivity index (χ3v) is 3.78. The van der Waals surface area contributed by atoms with E-state index in [0.717, 1.165) is 25.7 Å². The van der Waals surface area contributed by atoms with Gasteiger partial charge in [0.2, 0.25) is 5.95 Å². The molecule has 26 heavy (non-hydrogen) atoms. The van der Waals surface area contributed by atoms with E-state index < -0.39 is 12.0 Å². The van der Waals surface area contributed by atoms with Crippen LogP contribution < -0.4 is 16.2 Å². The van der Waals surface area contributed by atoms with Crippen molar-refractivity contribution in [3.63, 3.8) is 0 Å². The fourth-order valence-corrected chi connectivity index (χ4v) is 2.34. The fourth-order valence-electron chi connectivity index (χ4n) is 2.34. The van der Waals surface area contributed by atoms with Gasteiger partial charge in [0.25, 0.3) is 5.56 Å². The maximum Gasteiger partial charge on any atom is 0.333 e. The van der Waals surface area contributed by atoms with Crippen molar-refractivity contribution in [2.24, 2.45) is 0 Å². The molecular formula is C18H28N4O4. The first-order valence-corrected chi connectivity index (χ1v) is 8.86. The molecule has 0 saturated heterocycles. The highest BCUT2D eigenvalue weighted by Crippen LogP contribution is 2.23. The zero-order chi connectivity index (χ0) is 19.5. The monoisotopic (exact) mass is 364 g/mol. The Balaban J connectivity index is 2.60. The molecule has 0 bridgehead atoms. The number of ether oxygens (including phenoxy) is 1. The summed E-state index contributed by atoms with van der Waals surface area (Å²) in [6.07, 6.45) is 3.95. The predicted molar refractivity (Wildman–Crippen MR) is 100 cm³/mol. The first-order valence-electron chi connectivity index (χ1n) is 8.86.